The summed E-state index contributed by atoms with van der Waals surface area (Å²) >= 11 is 0. The van der Waals surface area contributed by atoms with Gasteiger partial charge in [-0.05, 0) is 33.6 Å². The molecule has 0 aliphatic rings. The van der Waals surface area contributed by atoms with Crippen molar-refractivity contribution in [2.75, 3.05) is 6.54 Å². The highest BCUT2D eigenvalue weighted by Gasteiger charge is 2.17. The Labute approximate surface area is 100 Å². The van der Waals surface area contributed by atoms with Crippen LogP contribution in [0.3, 0.4) is 0 Å². The lowest BCUT2D eigenvalue weighted by molar-refractivity contribution is -0.142. The first kappa shape index (κ1) is 15.7. The second-order valence-electron chi connectivity index (χ2n) is 4.59. The van der Waals surface area contributed by atoms with Gasteiger partial charge in [0, 0.05) is 6.54 Å². The summed E-state index contributed by atoms with van der Waals surface area (Å²) in [4.78, 5) is 21.7. The van der Waals surface area contributed by atoms with Gasteiger partial charge >= 0.3 is 12.1 Å². The molecule has 0 fully saturated rings. The number of rotatable bonds is 6. The molecule has 0 bridgehead atoms. The number of carbonyl (C=O) groups is 2. The number of carboxylic acids is 1. The second kappa shape index (κ2) is 7.08. The van der Waals surface area contributed by atoms with Crippen molar-refractivity contribution >= 4 is 12.1 Å². The first-order valence-electron chi connectivity index (χ1n) is 5.35. The van der Waals surface area contributed by atoms with Crippen molar-refractivity contribution in [2.24, 2.45) is 0 Å². The van der Waals surface area contributed by atoms with E-state index in [-0.39, 0.29) is 6.42 Å². The van der Waals surface area contributed by atoms with E-state index in [1.165, 1.54) is 0 Å². The number of carboxylic acid groups (broad SMARTS) is 1. The molecule has 0 saturated heterocycles. The van der Waals surface area contributed by atoms with Crippen LogP contribution in [-0.2, 0) is 9.53 Å². The highest BCUT2D eigenvalue weighted by Crippen LogP contribution is 2.06. The van der Waals surface area contributed by atoms with E-state index in [1.54, 1.807) is 26.3 Å². The monoisotopic (exact) mass is 248 g/mol. The van der Waals surface area contributed by atoms with Crippen LogP contribution in [0.25, 0.3) is 0 Å². The summed E-state index contributed by atoms with van der Waals surface area (Å²) in [5.41, 5.74) is 1.13. The molecule has 0 rings (SSSR count). The average molecular weight is 248 g/mol. The quantitative estimate of drug-likeness (QED) is 0.407. The van der Waals surface area contributed by atoms with E-state index in [9.17, 15) is 9.59 Å². The molecule has 0 aliphatic carbocycles. The minimum Gasteiger partial charge on any atom is -0.480 e. The fourth-order valence-electron chi connectivity index (χ4n) is 1.05. The molecule has 7 nitrogen and oxygen atoms in total. The van der Waals surface area contributed by atoms with Crippen molar-refractivity contribution in [1.82, 2.24) is 10.8 Å². The standard InChI is InChI=1S/C10H20N2O5/c1-10(2,3)17-9(15)11-6-4-5-7(12-16)8(13)14/h7,12,16H,4-6H2,1-3H3,(H,11,15)(H,13,14)/t7-/m0/s1. The lowest BCUT2D eigenvalue weighted by Crippen LogP contribution is -2.36. The lowest BCUT2D eigenvalue weighted by atomic mass is 10.2. The Balaban J connectivity index is 3.71. The molecule has 1 amide bonds. The Bertz CT molecular complexity index is 262. The minimum absolute atomic E-state index is 0.210. The van der Waals surface area contributed by atoms with Crippen molar-refractivity contribution in [3.05, 3.63) is 0 Å². The molecule has 0 unspecified atom stereocenters. The highest BCUT2D eigenvalue weighted by molar-refractivity contribution is 5.73. The van der Waals surface area contributed by atoms with Gasteiger partial charge in [0.15, 0.2) is 0 Å². The van der Waals surface area contributed by atoms with Gasteiger partial charge in [-0.15, -0.1) is 0 Å². The number of aliphatic carboxylic acids is 1. The van der Waals surface area contributed by atoms with Gasteiger partial charge in [-0.1, -0.05) is 0 Å². The molecule has 0 aromatic heterocycles. The van der Waals surface area contributed by atoms with E-state index in [1.807, 2.05) is 0 Å². The van der Waals surface area contributed by atoms with Gasteiger partial charge < -0.3 is 20.4 Å². The van der Waals surface area contributed by atoms with Crippen LogP contribution in [0.5, 0.6) is 0 Å². The summed E-state index contributed by atoms with van der Waals surface area (Å²) in [5.74, 6) is -1.13. The van der Waals surface area contributed by atoms with Crippen molar-refractivity contribution in [3.63, 3.8) is 0 Å². The fraction of sp³-hybridized carbons (Fsp3) is 0.800. The zero-order chi connectivity index (χ0) is 13.5. The first-order chi connectivity index (χ1) is 7.76. The number of alkyl carbamates (subject to hydrolysis) is 1. The van der Waals surface area contributed by atoms with E-state index < -0.39 is 23.7 Å². The summed E-state index contributed by atoms with van der Waals surface area (Å²) in [5, 5.41) is 19.6. The third kappa shape index (κ3) is 8.47. The molecule has 0 aromatic rings. The molecule has 100 valence electrons. The average Bonchev–Trinajstić information content (AvgIpc) is 2.14. The van der Waals surface area contributed by atoms with Crippen LogP contribution >= 0.6 is 0 Å². The van der Waals surface area contributed by atoms with Gasteiger partial charge in [-0.3, -0.25) is 4.79 Å². The summed E-state index contributed by atoms with van der Waals surface area (Å²) in [6.07, 6.45) is 0.0899. The Kier molecular flexibility index (Phi) is 6.52. The molecule has 1 atom stereocenters. The van der Waals surface area contributed by atoms with Crippen molar-refractivity contribution in [1.29, 1.82) is 0 Å². The lowest BCUT2D eigenvalue weighted by Gasteiger charge is -2.19. The number of hydrogen-bond donors (Lipinski definition) is 4. The molecule has 17 heavy (non-hydrogen) atoms. The van der Waals surface area contributed by atoms with E-state index in [0.717, 1.165) is 0 Å². The molecule has 4 N–H and O–H groups in total. The van der Waals surface area contributed by atoms with Crippen LogP contribution in [0.15, 0.2) is 0 Å². The number of hydrogen-bond acceptors (Lipinski definition) is 5. The van der Waals surface area contributed by atoms with Crippen molar-refractivity contribution < 1.29 is 24.6 Å². The number of ether oxygens (including phenoxy) is 1. The van der Waals surface area contributed by atoms with Crippen LogP contribution in [0, 0.1) is 0 Å². The summed E-state index contributed by atoms with van der Waals surface area (Å²) in [6, 6.07) is -1.02. The minimum atomic E-state index is -1.13. The predicted molar refractivity (Wildman–Crippen MR) is 59.8 cm³/mol. The molecule has 7 heteroatoms. The van der Waals surface area contributed by atoms with E-state index in [0.29, 0.717) is 13.0 Å². The molecule has 0 aliphatic heterocycles. The van der Waals surface area contributed by atoms with Gasteiger partial charge in [0.1, 0.15) is 11.6 Å². The Morgan fingerprint density at radius 2 is 1.94 bits per heavy atom. The van der Waals surface area contributed by atoms with Gasteiger partial charge in [-0.25, -0.2) is 4.79 Å². The zero-order valence-corrected chi connectivity index (χ0v) is 10.3. The van der Waals surface area contributed by atoms with Gasteiger partial charge in [0.2, 0.25) is 0 Å². The SMILES string of the molecule is CC(C)(C)OC(=O)NCCC[C@H](NO)C(=O)O. The highest BCUT2D eigenvalue weighted by atomic mass is 16.6. The van der Waals surface area contributed by atoms with Crippen molar-refractivity contribution in [2.45, 2.75) is 45.3 Å². The van der Waals surface area contributed by atoms with E-state index in [4.69, 9.17) is 15.1 Å². The maximum Gasteiger partial charge on any atom is 0.407 e. The normalized spacial score (nSPS) is 12.9. The molecule has 0 saturated carbocycles. The number of amides is 1. The molecule has 0 radical (unpaired) electrons. The molecule has 0 heterocycles. The van der Waals surface area contributed by atoms with Gasteiger partial charge in [-0.2, -0.15) is 5.48 Å². The van der Waals surface area contributed by atoms with Gasteiger partial charge in [0.05, 0.1) is 0 Å². The molecule has 0 spiro atoms. The van der Waals surface area contributed by atoms with Crippen LogP contribution in [0.4, 0.5) is 4.79 Å². The molecule has 0 aromatic carbocycles. The first-order valence-corrected chi connectivity index (χ1v) is 5.35. The topological polar surface area (TPSA) is 108 Å². The third-order valence-electron chi connectivity index (χ3n) is 1.79. The van der Waals surface area contributed by atoms with E-state index in [2.05, 4.69) is 5.32 Å². The summed E-state index contributed by atoms with van der Waals surface area (Å²) in [7, 11) is 0. The number of nitrogens with one attached hydrogen (secondary N) is 2. The second-order valence-corrected chi connectivity index (χ2v) is 4.59. The van der Waals surface area contributed by atoms with Gasteiger partial charge in [0.25, 0.3) is 0 Å². The zero-order valence-electron chi connectivity index (χ0n) is 10.3. The molecular formula is C10H20N2O5. The number of hydroxylamine groups is 1. The Morgan fingerprint density at radius 3 is 2.35 bits per heavy atom. The predicted octanol–water partition coefficient (Wildman–Crippen LogP) is 0.723. The Hall–Kier alpha value is -1.34. The van der Waals surface area contributed by atoms with Crippen LogP contribution in [0.2, 0.25) is 0 Å². The van der Waals surface area contributed by atoms with Crippen LogP contribution < -0.4 is 10.8 Å². The Morgan fingerprint density at radius 1 is 1.35 bits per heavy atom. The maximum absolute atomic E-state index is 11.2. The third-order valence-corrected chi connectivity index (χ3v) is 1.79. The van der Waals surface area contributed by atoms with E-state index >= 15 is 0 Å². The summed E-state index contributed by atoms with van der Waals surface area (Å²) < 4.78 is 4.99. The fourth-order valence-corrected chi connectivity index (χ4v) is 1.05. The van der Waals surface area contributed by atoms with Crippen LogP contribution in [-0.4, -0.2) is 40.6 Å². The maximum atomic E-state index is 11.2. The summed E-state index contributed by atoms with van der Waals surface area (Å²) in [6.45, 7) is 5.55. The van der Waals surface area contributed by atoms with Crippen molar-refractivity contribution in [3.8, 4) is 0 Å². The molecular weight excluding hydrogens is 228 g/mol. The van der Waals surface area contributed by atoms with Crippen LogP contribution in [0.1, 0.15) is 33.6 Å². The largest absolute Gasteiger partial charge is 0.480 e. The number of carbonyl (C=O) groups excluding carboxylic acids is 1. The smallest absolute Gasteiger partial charge is 0.407 e.